The Kier molecular flexibility index (Phi) is 4.68. The molecule has 1 amide bonds. The maximum Gasteiger partial charge on any atom is 0.288 e. The molecule has 1 N–H and O–H groups in total. The molecule has 0 heterocycles. The van der Waals surface area contributed by atoms with Crippen LogP contribution in [0.25, 0.3) is 0 Å². The van der Waals surface area contributed by atoms with Gasteiger partial charge in [-0.1, -0.05) is 36.0 Å². The highest BCUT2D eigenvalue weighted by Crippen LogP contribution is 2.31. The Morgan fingerprint density at radius 3 is 2.40 bits per heavy atom. The Morgan fingerprint density at radius 1 is 1.05 bits per heavy atom. The molecule has 2 aromatic rings. The summed E-state index contributed by atoms with van der Waals surface area (Å²) in [6, 6.07) is 11.6. The second kappa shape index (κ2) is 6.47. The molecule has 2 aromatic carbocycles. The number of halogens is 3. The van der Waals surface area contributed by atoms with Crippen molar-refractivity contribution in [2.24, 2.45) is 0 Å². The zero-order valence-electron chi connectivity index (χ0n) is 10.1. The van der Waals surface area contributed by atoms with Crippen molar-refractivity contribution < 1.29 is 18.0 Å². The number of alkyl halides is 2. The lowest BCUT2D eigenvalue weighted by Gasteiger charge is -2.10. The number of hydrogen-bond donors (Lipinski definition) is 1. The zero-order valence-corrected chi connectivity index (χ0v) is 11.0. The Labute approximate surface area is 118 Å². The van der Waals surface area contributed by atoms with Crippen LogP contribution in [-0.2, 0) is 0 Å². The lowest BCUT2D eigenvalue weighted by atomic mass is 10.2. The summed E-state index contributed by atoms with van der Waals surface area (Å²) >= 11 is 0.325. The fraction of sp³-hybridized carbons (Fsp3) is 0.0714. The quantitative estimate of drug-likeness (QED) is 0.848. The normalized spacial score (nSPS) is 10.6. The number of hydrogen-bond acceptors (Lipinski definition) is 2. The van der Waals surface area contributed by atoms with Gasteiger partial charge in [-0.15, -0.1) is 0 Å². The lowest BCUT2D eigenvalue weighted by molar-refractivity contribution is 0.102. The predicted octanol–water partition coefficient (Wildman–Crippen LogP) is 4.39. The summed E-state index contributed by atoms with van der Waals surface area (Å²) < 4.78 is 38.3. The van der Waals surface area contributed by atoms with Gasteiger partial charge in [0.1, 0.15) is 5.82 Å². The summed E-state index contributed by atoms with van der Waals surface area (Å²) in [6.07, 6.45) is 0. The van der Waals surface area contributed by atoms with Gasteiger partial charge in [0.2, 0.25) is 0 Å². The van der Waals surface area contributed by atoms with Gasteiger partial charge in [0.15, 0.2) is 0 Å². The van der Waals surface area contributed by atoms with Crippen molar-refractivity contribution in [2.45, 2.75) is 10.7 Å². The fourth-order valence-electron chi connectivity index (χ4n) is 1.60. The van der Waals surface area contributed by atoms with Gasteiger partial charge in [0.25, 0.3) is 11.7 Å². The van der Waals surface area contributed by atoms with Crippen LogP contribution < -0.4 is 5.32 Å². The molecule has 0 saturated carbocycles. The number of para-hydroxylation sites is 1. The van der Waals surface area contributed by atoms with Gasteiger partial charge in [-0.2, -0.15) is 8.78 Å². The Bertz CT molecular complexity index is 619. The number of anilines is 1. The van der Waals surface area contributed by atoms with E-state index < -0.39 is 17.5 Å². The molecule has 104 valence electrons. The first-order valence-electron chi connectivity index (χ1n) is 5.67. The van der Waals surface area contributed by atoms with Crippen molar-refractivity contribution in [2.75, 3.05) is 5.32 Å². The van der Waals surface area contributed by atoms with Gasteiger partial charge in [-0.25, -0.2) is 4.39 Å². The van der Waals surface area contributed by atoms with Crippen LogP contribution in [0.4, 0.5) is 18.9 Å². The molecule has 0 aliphatic carbocycles. The van der Waals surface area contributed by atoms with Crippen LogP contribution in [0.3, 0.4) is 0 Å². The molecular formula is C14H10F3NOS. The van der Waals surface area contributed by atoms with E-state index in [9.17, 15) is 18.0 Å². The maximum absolute atomic E-state index is 13.5. The van der Waals surface area contributed by atoms with Crippen molar-refractivity contribution >= 4 is 23.4 Å². The van der Waals surface area contributed by atoms with E-state index in [2.05, 4.69) is 5.32 Å². The highest BCUT2D eigenvalue weighted by molar-refractivity contribution is 7.99. The van der Waals surface area contributed by atoms with Crippen molar-refractivity contribution in [1.82, 2.24) is 0 Å². The van der Waals surface area contributed by atoms with Gasteiger partial charge in [0.05, 0.1) is 11.3 Å². The predicted molar refractivity (Wildman–Crippen MR) is 72.7 cm³/mol. The minimum atomic E-state index is -2.60. The first-order chi connectivity index (χ1) is 9.58. The van der Waals surface area contributed by atoms with Crippen molar-refractivity contribution in [3.8, 4) is 0 Å². The number of carbonyl (C=O) groups is 1. The second-order valence-electron chi connectivity index (χ2n) is 3.81. The third-order valence-corrected chi connectivity index (χ3v) is 3.26. The first kappa shape index (κ1) is 14.5. The van der Waals surface area contributed by atoms with E-state index in [0.29, 0.717) is 11.8 Å². The topological polar surface area (TPSA) is 29.1 Å². The zero-order chi connectivity index (χ0) is 14.5. The van der Waals surface area contributed by atoms with Crippen LogP contribution in [0.1, 0.15) is 10.4 Å². The molecule has 0 atom stereocenters. The molecular weight excluding hydrogens is 287 g/mol. The highest BCUT2D eigenvalue weighted by atomic mass is 32.2. The molecule has 20 heavy (non-hydrogen) atoms. The first-order valence-corrected chi connectivity index (χ1v) is 6.55. The Balaban J connectivity index is 2.22. The van der Waals surface area contributed by atoms with Gasteiger partial charge in [-0.3, -0.25) is 4.79 Å². The van der Waals surface area contributed by atoms with Crippen LogP contribution in [0, 0.1) is 5.82 Å². The van der Waals surface area contributed by atoms with Gasteiger partial charge < -0.3 is 5.32 Å². The van der Waals surface area contributed by atoms with Crippen LogP contribution in [0.2, 0.25) is 0 Å². The van der Waals surface area contributed by atoms with Gasteiger partial charge in [0, 0.05) is 4.90 Å². The van der Waals surface area contributed by atoms with Gasteiger partial charge >= 0.3 is 0 Å². The summed E-state index contributed by atoms with van der Waals surface area (Å²) in [4.78, 5) is 12.2. The summed E-state index contributed by atoms with van der Waals surface area (Å²) in [7, 11) is 0. The minimum absolute atomic E-state index is 0.135. The van der Waals surface area contributed by atoms with Crippen LogP contribution in [0.5, 0.6) is 0 Å². The summed E-state index contributed by atoms with van der Waals surface area (Å²) in [5, 5.41) is 2.44. The molecule has 0 bridgehead atoms. The molecule has 0 radical (unpaired) electrons. The average molecular weight is 297 g/mol. The Morgan fingerprint density at radius 2 is 1.70 bits per heavy atom. The number of rotatable bonds is 4. The number of thioether (sulfide) groups is 1. The van der Waals surface area contributed by atoms with Crippen molar-refractivity contribution in [1.29, 1.82) is 0 Å². The monoisotopic (exact) mass is 297 g/mol. The van der Waals surface area contributed by atoms with Crippen LogP contribution >= 0.6 is 11.8 Å². The molecule has 0 saturated heterocycles. The minimum Gasteiger partial charge on any atom is -0.321 e. The molecule has 0 aromatic heterocycles. The molecule has 2 nitrogen and oxygen atoms in total. The second-order valence-corrected chi connectivity index (χ2v) is 4.84. The Hall–Kier alpha value is -1.95. The van der Waals surface area contributed by atoms with E-state index in [0.717, 1.165) is 6.07 Å². The van der Waals surface area contributed by atoms with Gasteiger partial charge in [-0.05, 0) is 24.3 Å². The van der Waals surface area contributed by atoms with E-state index in [4.69, 9.17) is 0 Å². The number of carbonyl (C=O) groups excluding carboxylic acids is 1. The third-order valence-electron chi connectivity index (χ3n) is 2.47. The number of nitrogens with one attached hydrogen (secondary N) is 1. The lowest BCUT2D eigenvalue weighted by Crippen LogP contribution is -2.14. The van der Waals surface area contributed by atoms with E-state index in [1.54, 1.807) is 12.1 Å². The van der Waals surface area contributed by atoms with E-state index in [1.807, 2.05) is 0 Å². The van der Waals surface area contributed by atoms with Crippen LogP contribution in [0.15, 0.2) is 53.4 Å². The average Bonchev–Trinajstić information content (AvgIpc) is 2.41. The number of benzene rings is 2. The molecule has 0 unspecified atom stereocenters. The van der Waals surface area contributed by atoms with Crippen molar-refractivity contribution in [3.05, 3.63) is 59.9 Å². The molecule has 0 fully saturated rings. The summed E-state index contributed by atoms with van der Waals surface area (Å²) in [6.45, 7) is 0. The molecule has 2 rings (SSSR count). The largest absolute Gasteiger partial charge is 0.321 e. The smallest absolute Gasteiger partial charge is 0.288 e. The molecule has 0 spiro atoms. The van der Waals surface area contributed by atoms with Crippen LogP contribution in [-0.4, -0.2) is 11.7 Å². The molecule has 6 heteroatoms. The standard InChI is InChI=1S/C14H10F3NOS/c15-10-6-2-1-5-9(10)13(19)18-11-7-3-4-8-12(11)20-14(16)17/h1-8,14H,(H,18,19). The van der Waals surface area contributed by atoms with Crippen molar-refractivity contribution in [3.63, 3.8) is 0 Å². The van der Waals surface area contributed by atoms with E-state index in [-0.39, 0.29) is 16.1 Å². The maximum atomic E-state index is 13.5. The van der Waals surface area contributed by atoms with E-state index in [1.165, 1.54) is 30.3 Å². The summed E-state index contributed by atoms with van der Waals surface area (Å²) in [5.74, 6) is -3.93. The highest BCUT2D eigenvalue weighted by Gasteiger charge is 2.14. The summed E-state index contributed by atoms with van der Waals surface area (Å²) in [5.41, 5.74) is 0.0930. The number of amides is 1. The molecule has 0 aliphatic rings. The SMILES string of the molecule is O=C(Nc1ccccc1SC(F)F)c1ccccc1F. The third kappa shape index (κ3) is 3.54. The fourth-order valence-corrected chi connectivity index (χ4v) is 2.20. The van der Waals surface area contributed by atoms with E-state index >= 15 is 0 Å². The molecule has 0 aliphatic heterocycles.